The lowest BCUT2D eigenvalue weighted by Crippen LogP contribution is -2.46. The number of rotatable bonds is 8. The van der Waals surface area contributed by atoms with Gasteiger partial charge in [0.2, 0.25) is 11.8 Å². The zero-order valence-corrected chi connectivity index (χ0v) is 25.8. The lowest BCUT2D eigenvalue weighted by molar-refractivity contribution is -0.138. The Morgan fingerprint density at radius 2 is 1.79 bits per heavy atom. The largest absolute Gasteiger partial charge is 0.325 e. The Hall–Kier alpha value is -4.32. The van der Waals surface area contributed by atoms with Crippen LogP contribution < -0.4 is 5.32 Å². The average Bonchev–Trinajstić information content (AvgIpc) is 3.30. The minimum atomic E-state index is -0.685. The van der Waals surface area contributed by atoms with Crippen LogP contribution in [0.5, 0.6) is 0 Å². The lowest BCUT2D eigenvalue weighted by atomic mass is 10.0. The number of carbonyl (C=O) groups excluding carboxylic acids is 4. The number of nitrogens with zero attached hydrogens (tertiary/aromatic N) is 6. The number of ketones is 2. The van der Waals surface area contributed by atoms with E-state index in [1.807, 2.05) is 25.1 Å². The zero-order valence-electron chi connectivity index (χ0n) is 24.2. The van der Waals surface area contributed by atoms with Gasteiger partial charge in [-0.05, 0) is 83.4 Å². The summed E-state index contributed by atoms with van der Waals surface area (Å²) in [5.41, 5.74) is 3.14. The summed E-state index contributed by atoms with van der Waals surface area (Å²) >= 11 is 3.35. The molecule has 4 aromatic rings. The molecule has 0 spiro atoms. The Bertz CT molecular complexity index is 1820. The first-order valence-electron chi connectivity index (χ1n) is 14.0. The van der Waals surface area contributed by atoms with Crippen LogP contribution in [0.25, 0.3) is 22.0 Å². The Kier molecular flexibility index (Phi) is 7.19. The number of halogens is 1. The molecule has 11 nitrogen and oxygen atoms in total. The standard InChI is InChI=1S/C31H30BrN7O4/c1-16(40)7-19-8-26(32)35-27(9-19)36-30(43)24-11-31(4)12-25(31)39(24)28(42)15-38-23-6-5-20(21-13-33-18(3)34-14-21)10-22(23)29(37-38)17(2)41/h5-6,8-10,13-14,24-25H,7,11-12,15H2,1-4H3,(H,35,36,43)/t24-,25+,31-/m0/s1. The van der Waals surface area contributed by atoms with E-state index in [0.717, 1.165) is 23.1 Å². The van der Waals surface area contributed by atoms with E-state index < -0.39 is 6.04 Å². The third-order valence-electron chi connectivity index (χ3n) is 8.27. The predicted octanol–water partition coefficient (Wildman–Crippen LogP) is 4.31. The smallest absolute Gasteiger partial charge is 0.248 e. The second kappa shape index (κ2) is 10.7. The topological polar surface area (TPSA) is 140 Å². The summed E-state index contributed by atoms with van der Waals surface area (Å²) in [5, 5.41) is 8.02. The second-order valence-corrected chi connectivity index (χ2v) is 12.6. The number of hydrogen-bond acceptors (Lipinski definition) is 8. The van der Waals surface area contributed by atoms with E-state index in [1.165, 1.54) is 13.8 Å². The first-order valence-corrected chi connectivity index (χ1v) is 14.8. The van der Waals surface area contributed by atoms with E-state index in [0.29, 0.717) is 33.6 Å². The van der Waals surface area contributed by atoms with Gasteiger partial charge >= 0.3 is 0 Å². The first-order chi connectivity index (χ1) is 20.4. The molecule has 2 amide bonds. The number of piperidine rings is 1. The van der Waals surface area contributed by atoms with Gasteiger partial charge in [-0.15, -0.1) is 0 Å². The van der Waals surface area contributed by atoms with E-state index in [2.05, 4.69) is 48.2 Å². The van der Waals surface area contributed by atoms with Crippen molar-refractivity contribution in [2.45, 2.75) is 65.6 Å². The fourth-order valence-corrected chi connectivity index (χ4v) is 6.55. The molecule has 2 fully saturated rings. The SMILES string of the molecule is CC(=O)Cc1cc(Br)nc(NC(=O)[C@@H]2C[C@@]3(C)C[C@H]3N2C(=O)Cn2nc(C(C)=O)c3cc(-c4cnc(C)nc4)ccc32)c1. The molecule has 1 saturated carbocycles. The molecule has 43 heavy (non-hydrogen) atoms. The summed E-state index contributed by atoms with van der Waals surface area (Å²) in [6.45, 7) is 6.72. The summed E-state index contributed by atoms with van der Waals surface area (Å²) in [7, 11) is 0. The molecule has 0 radical (unpaired) electrons. The number of anilines is 1. The molecule has 2 aliphatic rings. The maximum absolute atomic E-state index is 13.9. The molecule has 1 aliphatic heterocycles. The Morgan fingerprint density at radius 1 is 1.05 bits per heavy atom. The highest BCUT2D eigenvalue weighted by atomic mass is 79.9. The van der Waals surface area contributed by atoms with Gasteiger partial charge < -0.3 is 10.2 Å². The van der Waals surface area contributed by atoms with E-state index in [-0.39, 0.29) is 53.5 Å². The fraction of sp³-hybridized carbons (Fsp3) is 0.355. The number of amides is 2. The zero-order chi connectivity index (χ0) is 30.6. The van der Waals surface area contributed by atoms with Crippen LogP contribution in [0.15, 0.2) is 47.3 Å². The highest BCUT2D eigenvalue weighted by Crippen LogP contribution is 2.59. The molecule has 4 heterocycles. The molecule has 3 atom stereocenters. The van der Waals surface area contributed by atoms with Gasteiger partial charge in [-0.2, -0.15) is 5.10 Å². The quantitative estimate of drug-likeness (QED) is 0.221. The van der Waals surface area contributed by atoms with Crippen molar-refractivity contribution >= 4 is 56.0 Å². The van der Waals surface area contributed by atoms with Crippen LogP contribution >= 0.6 is 15.9 Å². The number of nitrogens with one attached hydrogen (secondary N) is 1. The van der Waals surface area contributed by atoms with E-state index in [4.69, 9.17) is 0 Å². The molecule has 1 aromatic carbocycles. The van der Waals surface area contributed by atoms with Gasteiger partial charge in [0.25, 0.3) is 0 Å². The Balaban J connectivity index is 1.26. The van der Waals surface area contributed by atoms with E-state index >= 15 is 0 Å². The van der Waals surface area contributed by atoms with Gasteiger partial charge in [-0.1, -0.05) is 13.0 Å². The number of benzene rings is 1. The number of Topliss-reactive ketones (excluding diaryl/α,β-unsaturated/α-hetero) is 2. The highest BCUT2D eigenvalue weighted by Gasteiger charge is 2.64. The van der Waals surface area contributed by atoms with Gasteiger partial charge in [-0.3, -0.25) is 23.9 Å². The molecule has 1 saturated heterocycles. The van der Waals surface area contributed by atoms with Crippen LogP contribution in [-0.2, 0) is 27.3 Å². The van der Waals surface area contributed by atoms with Crippen LogP contribution in [-0.4, -0.2) is 65.1 Å². The van der Waals surface area contributed by atoms with Crippen molar-refractivity contribution in [2.75, 3.05) is 5.32 Å². The molecule has 1 N–H and O–H groups in total. The first kappa shape index (κ1) is 28.8. The van der Waals surface area contributed by atoms with Gasteiger partial charge in [0.05, 0.1) is 5.52 Å². The van der Waals surface area contributed by atoms with Crippen LogP contribution in [0.1, 0.15) is 55.5 Å². The number of fused-ring (bicyclic) bond motifs is 2. The highest BCUT2D eigenvalue weighted by molar-refractivity contribution is 9.10. The second-order valence-electron chi connectivity index (χ2n) is 11.8. The molecule has 3 aromatic heterocycles. The monoisotopic (exact) mass is 643 g/mol. The third kappa shape index (κ3) is 5.58. The van der Waals surface area contributed by atoms with Gasteiger partial charge in [0, 0.05) is 42.7 Å². The maximum atomic E-state index is 13.9. The van der Waals surface area contributed by atoms with Crippen molar-refractivity contribution in [3.63, 3.8) is 0 Å². The minimum absolute atomic E-state index is 0.00424. The van der Waals surface area contributed by atoms with Gasteiger partial charge in [0.1, 0.15) is 40.3 Å². The van der Waals surface area contributed by atoms with Crippen molar-refractivity contribution in [1.82, 2.24) is 29.6 Å². The van der Waals surface area contributed by atoms with E-state index in [1.54, 1.807) is 34.1 Å². The molecule has 0 bridgehead atoms. The van der Waals surface area contributed by atoms with Crippen molar-refractivity contribution < 1.29 is 19.2 Å². The summed E-state index contributed by atoms with van der Waals surface area (Å²) in [6, 6.07) is 8.26. The molecular weight excluding hydrogens is 614 g/mol. The third-order valence-corrected chi connectivity index (χ3v) is 8.67. The van der Waals surface area contributed by atoms with Crippen LogP contribution in [0.2, 0.25) is 0 Å². The molecule has 1 aliphatic carbocycles. The van der Waals surface area contributed by atoms with Crippen molar-refractivity contribution in [3.05, 3.63) is 64.4 Å². The van der Waals surface area contributed by atoms with Crippen molar-refractivity contribution in [2.24, 2.45) is 5.41 Å². The molecule has 0 unspecified atom stereocenters. The predicted molar refractivity (Wildman–Crippen MR) is 162 cm³/mol. The summed E-state index contributed by atoms with van der Waals surface area (Å²) < 4.78 is 2.04. The number of hydrogen-bond donors (Lipinski definition) is 1. The van der Waals surface area contributed by atoms with Gasteiger partial charge in [-0.25, -0.2) is 15.0 Å². The van der Waals surface area contributed by atoms with Gasteiger partial charge in [0.15, 0.2) is 5.78 Å². The number of carbonyl (C=O) groups is 4. The van der Waals surface area contributed by atoms with Crippen LogP contribution in [0, 0.1) is 12.3 Å². The fourth-order valence-electron chi connectivity index (χ4n) is 6.06. The maximum Gasteiger partial charge on any atom is 0.248 e. The summed E-state index contributed by atoms with van der Waals surface area (Å²) in [6.07, 6.45) is 5.03. The Morgan fingerprint density at radius 3 is 2.49 bits per heavy atom. The summed E-state index contributed by atoms with van der Waals surface area (Å²) in [5.74, 6) is 0.171. The molecule has 12 heteroatoms. The number of aryl methyl sites for hydroxylation is 1. The lowest BCUT2D eigenvalue weighted by Gasteiger charge is -2.27. The van der Waals surface area contributed by atoms with Crippen LogP contribution in [0.4, 0.5) is 5.82 Å². The number of aromatic nitrogens is 5. The number of likely N-dealkylation sites (tertiary alicyclic amines) is 1. The molecule has 220 valence electrons. The van der Waals surface area contributed by atoms with Crippen molar-refractivity contribution in [1.29, 1.82) is 0 Å². The molecule has 6 rings (SSSR count). The molecular formula is C31H30BrN7O4. The average molecular weight is 645 g/mol. The minimum Gasteiger partial charge on any atom is -0.325 e. The Labute approximate surface area is 256 Å². The van der Waals surface area contributed by atoms with Crippen LogP contribution in [0.3, 0.4) is 0 Å². The number of pyridine rings is 1. The summed E-state index contributed by atoms with van der Waals surface area (Å²) in [4.78, 5) is 66.1. The van der Waals surface area contributed by atoms with E-state index in [9.17, 15) is 19.2 Å². The normalized spacial score (nSPS) is 20.6. The van der Waals surface area contributed by atoms with Crippen molar-refractivity contribution in [3.8, 4) is 11.1 Å².